The number of Topliss-reactive ketones (excluding diaryl/α,β-unsaturated/α-hetero) is 1. The Morgan fingerprint density at radius 3 is 2.30 bits per heavy atom. The highest BCUT2D eigenvalue weighted by molar-refractivity contribution is 5.78. The third-order valence-electron chi connectivity index (χ3n) is 4.29. The number of anilines is 1. The zero-order valence-electron chi connectivity index (χ0n) is 16.8. The number of hydrogen-bond donors (Lipinski definition) is 2. The van der Waals surface area contributed by atoms with Crippen molar-refractivity contribution < 1.29 is 14.0 Å². The minimum absolute atomic E-state index is 0.0995. The Balaban J connectivity index is 0.000000403. The van der Waals surface area contributed by atoms with E-state index in [0.717, 1.165) is 19.3 Å². The summed E-state index contributed by atoms with van der Waals surface area (Å²) in [7, 11) is 0. The first kappa shape index (κ1) is 24.8. The number of carbonyl (C=O) groups is 2. The quantitative estimate of drug-likeness (QED) is 0.579. The summed E-state index contributed by atoms with van der Waals surface area (Å²) in [6, 6.07) is 5.70. The summed E-state index contributed by atoms with van der Waals surface area (Å²) in [5, 5.41) is 2.33. The number of hydrogen-bond acceptors (Lipinski definition) is 3. The van der Waals surface area contributed by atoms with E-state index in [2.05, 4.69) is 18.8 Å². The molecule has 0 aromatic heterocycles. The molecule has 1 atom stereocenters. The lowest BCUT2D eigenvalue weighted by atomic mass is 9.94. The predicted molar refractivity (Wildman–Crippen MR) is 111 cm³/mol. The number of rotatable bonds is 8. The van der Waals surface area contributed by atoms with Gasteiger partial charge in [-0.2, -0.15) is 0 Å². The molecule has 0 spiro atoms. The van der Waals surface area contributed by atoms with Crippen LogP contribution in [0.15, 0.2) is 36.5 Å². The second-order valence-electron chi connectivity index (χ2n) is 6.85. The van der Waals surface area contributed by atoms with Crippen LogP contribution in [-0.2, 0) is 9.59 Å². The normalized spacial score (nSPS) is 13.3. The maximum Gasteiger partial charge on any atom is 0.211 e. The van der Waals surface area contributed by atoms with E-state index in [-0.39, 0.29) is 17.5 Å². The molecule has 1 aromatic carbocycles. The number of amides is 1. The van der Waals surface area contributed by atoms with Crippen LogP contribution in [-0.4, -0.2) is 12.2 Å². The van der Waals surface area contributed by atoms with Crippen LogP contribution < -0.4 is 11.1 Å². The van der Waals surface area contributed by atoms with Crippen LogP contribution in [0.1, 0.15) is 71.6 Å². The number of nitrogens with one attached hydrogen (secondary N) is 1. The van der Waals surface area contributed by atoms with Crippen molar-refractivity contribution in [3.8, 4) is 0 Å². The summed E-state index contributed by atoms with van der Waals surface area (Å²) in [4.78, 5) is 20.9. The average molecular weight is 379 g/mol. The molecule has 1 aliphatic carbocycles. The minimum Gasteiger partial charge on any atom is -0.402 e. The Bertz CT molecular complexity index is 549. The third-order valence-corrected chi connectivity index (χ3v) is 4.29. The third kappa shape index (κ3) is 14.7. The summed E-state index contributed by atoms with van der Waals surface area (Å²) in [6.07, 6.45) is 11.8. The van der Waals surface area contributed by atoms with Gasteiger partial charge in [-0.25, -0.2) is 4.39 Å². The van der Waals surface area contributed by atoms with E-state index in [1.54, 1.807) is 13.0 Å². The zero-order valence-corrected chi connectivity index (χ0v) is 16.8. The highest BCUT2D eigenvalue weighted by Crippen LogP contribution is 2.16. The summed E-state index contributed by atoms with van der Waals surface area (Å²) in [5.74, 6) is -0.0238. The second kappa shape index (κ2) is 16.0. The molecule has 1 unspecified atom stereocenters. The van der Waals surface area contributed by atoms with Gasteiger partial charge in [-0.15, -0.1) is 0 Å². The molecule has 3 N–H and O–H groups in total. The summed E-state index contributed by atoms with van der Waals surface area (Å²) < 4.78 is 12.3. The maximum atomic E-state index is 12.3. The van der Waals surface area contributed by atoms with Gasteiger partial charge >= 0.3 is 0 Å². The summed E-state index contributed by atoms with van der Waals surface area (Å²) in [5.41, 5.74) is 6.54. The molecule has 4 nitrogen and oxygen atoms in total. The van der Waals surface area contributed by atoms with Crippen LogP contribution in [0.5, 0.6) is 0 Å². The van der Waals surface area contributed by atoms with Crippen molar-refractivity contribution >= 4 is 17.9 Å². The molecule has 0 bridgehead atoms. The van der Waals surface area contributed by atoms with Crippen molar-refractivity contribution in [3.05, 3.63) is 42.4 Å². The number of allylic oxidation sites excluding steroid dienone is 1. The van der Waals surface area contributed by atoms with Crippen LogP contribution >= 0.6 is 0 Å². The highest BCUT2D eigenvalue weighted by atomic mass is 19.1. The van der Waals surface area contributed by atoms with E-state index in [4.69, 9.17) is 5.73 Å². The lowest BCUT2D eigenvalue weighted by Gasteiger charge is -2.12. The minimum atomic E-state index is -0.355. The molecule has 1 amide bonds. The van der Waals surface area contributed by atoms with Crippen LogP contribution in [0, 0.1) is 11.7 Å². The standard InChI is InChI=1S/C10H19NO.C7H6FNO.C5H10/c1-4-5-6-10(9(3)12)7-8(2)11;8-6-2-1-3-7(4-6)9-5-10;1-2-4-5-3-1/h10H,2,4-7,11H2,1,3H3;1-5H,(H,9,10);1-5H2. The predicted octanol–water partition coefficient (Wildman–Crippen LogP) is 5.59. The number of halogens is 1. The smallest absolute Gasteiger partial charge is 0.211 e. The first-order valence-corrected chi connectivity index (χ1v) is 9.80. The molecule has 0 saturated heterocycles. The number of benzene rings is 1. The van der Waals surface area contributed by atoms with Crippen LogP contribution in [0.3, 0.4) is 0 Å². The molecule has 1 fully saturated rings. The molecule has 0 radical (unpaired) electrons. The first-order chi connectivity index (χ1) is 12.9. The Morgan fingerprint density at radius 2 is 1.89 bits per heavy atom. The molecule has 27 heavy (non-hydrogen) atoms. The molecule has 2 rings (SSSR count). The molecule has 0 heterocycles. The van der Waals surface area contributed by atoms with E-state index in [9.17, 15) is 14.0 Å². The maximum absolute atomic E-state index is 12.3. The molecular weight excluding hydrogens is 343 g/mol. The van der Waals surface area contributed by atoms with E-state index in [1.165, 1.54) is 50.3 Å². The van der Waals surface area contributed by atoms with Crippen LogP contribution in [0.25, 0.3) is 0 Å². The fourth-order valence-corrected chi connectivity index (χ4v) is 2.75. The topological polar surface area (TPSA) is 72.2 Å². The van der Waals surface area contributed by atoms with Crippen molar-refractivity contribution in [2.24, 2.45) is 11.7 Å². The molecule has 1 saturated carbocycles. The number of unbranched alkanes of at least 4 members (excludes halogenated alkanes) is 1. The van der Waals surface area contributed by atoms with Gasteiger partial charge in [-0.3, -0.25) is 9.59 Å². The zero-order chi connectivity index (χ0) is 20.5. The van der Waals surface area contributed by atoms with Gasteiger partial charge in [0.2, 0.25) is 6.41 Å². The van der Waals surface area contributed by atoms with E-state index < -0.39 is 0 Å². The van der Waals surface area contributed by atoms with Gasteiger partial charge in [0, 0.05) is 17.3 Å². The number of ketones is 1. The fraction of sp³-hybridized carbons (Fsp3) is 0.545. The molecule has 1 aromatic rings. The second-order valence-corrected chi connectivity index (χ2v) is 6.85. The van der Waals surface area contributed by atoms with Crippen molar-refractivity contribution in [2.45, 2.75) is 71.6 Å². The Labute approximate surface area is 163 Å². The van der Waals surface area contributed by atoms with Gasteiger partial charge in [-0.1, -0.05) is 64.5 Å². The lowest BCUT2D eigenvalue weighted by molar-refractivity contribution is -0.121. The van der Waals surface area contributed by atoms with Crippen LogP contribution in [0.4, 0.5) is 10.1 Å². The van der Waals surface area contributed by atoms with Gasteiger partial charge in [0.05, 0.1) is 0 Å². The molecule has 1 aliphatic rings. The summed E-state index contributed by atoms with van der Waals surface area (Å²) >= 11 is 0. The number of nitrogens with two attached hydrogens (primary N) is 1. The molecular formula is C22H35FN2O2. The van der Waals surface area contributed by atoms with Gasteiger partial charge in [0.25, 0.3) is 0 Å². The molecule has 5 heteroatoms. The number of carbonyl (C=O) groups excluding carboxylic acids is 2. The van der Waals surface area contributed by atoms with Crippen molar-refractivity contribution in [1.82, 2.24) is 0 Å². The average Bonchev–Trinajstić information content (AvgIpc) is 3.19. The van der Waals surface area contributed by atoms with E-state index in [1.807, 2.05) is 0 Å². The van der Waals surface area contributed by atoms with Crippen molar-refractivity contribution in [1.29, 1.82) is 0 Å². The van der Waals surface area contributed by atoms with Crippen molar-refractivity contribution in [2.75, 3.05) is 5.32 Å². The molecule has 0 aliphatic heterocycles. The Morgan fingerprint density at radius 1 is 1.30 bits per heavy atom. The van der Waals surface area contributed by atoms with Gasteiger partial charge in [-0.05, 0) is 38.0 Å². The van der Waals surface area contributed by atoms with Gasteiger partial charge in [0.1, 0.15) is 11.6 Å². The lowest BCUT2D eigenvalue weighted by Crippen LogP contribution is -2.14. The Hall–Kier alpha value is -2.17. The monoisotopic (exact) mass is 378 g/mol. The highest BCUT2D eigenvalue weighted by Gasteiger charge is 2.13. The fourth-order valence-electron chi connectivity index (χ4n) is 2.75. The van der Waals surface area contributed by atoms with Crippen molar-refractivity contribution in [3.63, 3.8) is 0 Å². The Kier molecular flexibility index (Phi) is 14.7. The summed E-state index contributed by atoms with van der Waals surface area (Å²) in [6.45, 7) is 7.36. The van der Waals surface area contributed by atoms with Gasteiger partial charge in [0.15, 0.2) is 0 Å². The molecule has 152 valence electrons. The SMILES string of the molecule is C1CCCC1.C=C(N)CC(CCCC)C(C)=O.O=CNc1cccc(F)c1. The van der Waals surface area contributed by atoms with Gasteiger partial charge < -0.3 is 11.1 Å². The first-order valence-electron chi connectivity index (χ1n) is 9.80. The van der Waals surface area contributed by atoms with Crippen LogP contribution in [0.2, 0.25) is 0 Å². The van der Waals surface area contributed by atoms with E-state index in [0.29, 0.717) is 24.2 Å². The largest absolute Gasteiger partial charge is 0.402 e. The van der Waals surface area contributed by atoms with E-state index >= 15 is 0 Å².